The number of fused-ring (bicyclic) bond motifs is 1. The first-order valence-corrected chi connectivity index (χ1v) is 9.52. The molecule has 1 aliphatic heterocycles. The molecule has 2 aliphatic rings. The van der Waals surface area contributed by atoms with E-state index in [1.54, 1.807) is 48.5 Å². The molecule has 0 saturated carbocycles. The molecule has 2 aromatic carbocycles. The van der Waals surface area contributed by atoms with Gasteiger partial charge in [-0.1, -0.05) is 23.3 Å². The summed E-state index contributed by atoms with van der Waals surface area (Å²) in [7, 11) is 0. The number of anilines is 2. The highest BCUT2D eigenvalue weighted by Gasteiger charge is 2.48. The average molecular weight is 395 g/mol. The Kier molecular flexibility index (Phi) is 4.77. The summed E-state index contributed by atoms with van der Waals surface area (Å²) in [6, 6.07) is 13.3. The van der Waals surface area contributed by atoms with Gasteiger partial charge in [0.15, 0.2) is 0 Å². The van der Waals surface area contributed by atoms with Crippen LogP contribution in [0.5, 0.6) is 0 Å². The fourth-order valence-electron chi connectivity index (χ4n) is 3.79. The van der Waals surface area contributed by atoms with E-state index in [0.717, 1.165) is 5.57 Å². The summed E-state index contributed by atoms with van der Waals surface area (Å²) < 4.78 is 0. The quantitative estimate of drug-likeness (QED) is 0.618. The molecule has 0 spiro atoms. The molecule has 6 heteroatoms. The second-order valence-electron chi connectivity index (χ2n) is 7.22. The van der Waals surface area contributed by atoms with Crippen molar-refractivity contribution in [2.75, 3.05) is 10.2 Å². The summed E-state index contributed by atoms with van der Waals surface area (Å²) in [5.74, 6) is -1.13. The third-order valence-corrected chi connectivity index (χ3v) is 5.56. The molecule has 4 rings (SSSR count). The van der Waals surface area contributed by atoms with E-state index in [9.17, 15) is 14.4 Å². The molecular weight excluding hydrogens is 376 g/mol. The van der Waals surface area contributed by atoms with Crippen LogP contribution in [-0.4, -0.2) is 17.7 Å². The van der Waals surface area contributed by atoms with Crippen molar-refractivity contribution < 1.29 is 14.4 Å². The van der Waals surface area contributed by atoms with Crippen molar-refractivity contribution in [3.05, 3.63) is 70.8 Å². The number of amides is 3. The molecule has 2 unspecified atom stereocenters. The van der Waals surface area contributed by atoms with Crippen LogP contribution < -0.4 is 10.2 Å². The summed E-state index contributed by atoms with van der Waals surface area (Å²) in [5.41, 5.74) is 2.73. The Labute approximate surface area is 168 Å². The molecule has 0 radical (unpaired) electrons. The van der Waals surface area contributed by atoms with Crippen LogP contribution in [0.2, 0.25) is 5.02 Å². The Balaban J connectivity index is 1.50. The van der Waals surface area contributed by atoms with Crippen LogP contribution in [0.4, 0.5) is 11.4 Å². The maximum atomic E-state index is 12.8. The van der Waals surface area contributed by atoms with Gasteiger partial charge in [0.05, 0.1) is 17.5 Å². The number of carbonyl (C=O) groups excluding carboxylic acids is 3. The van der Waals surface area contributed by atoms with Crippen molar-refractivity contribution in [3.8, 4) is 0 Å². The standard InChI is InChI=1S/C22H19ClN2O3/c1-13-2-11-18-19(12-13)22(28)25(21(18)27)17-9-3-14(4-10-17)20(26)24-16-7-5-15(23)6-8-16/h2-10,18-19H,11-12H2,1H3,(H,24,26). The molecule has 0 bridgehead atoms. The smallest absolute Gasteiger partial charge is 0.255 e. The number of hydrogen-bond donors (Lipinski definition) is 1. The van der Waals surface area contributed by atoms with Crippen LogP contribution in [0.25, 0.3) is 0 Å². The van der Waals surface area contributed by atoms with E-state index in [4.69, 9.17) is 11.6 Å². The molecule has 1 aliphatic carbocycles. The molecule has 142 valence electrons. The van der Waals surface area contributed by atoms with Crippen LogP contribution in [-0.2, 0) is 9.59 Å². The van der Waals surface area contributed by atoms with Gasteiger partial charge in [0.1, 0.15) is 0 Å². The normalized spacial score (nSPS) is 21.4. The number of nitrogens with one attached hydrogen (secondary N) is 1. The van der Waals surface area contributed by atoms with Crippen LogP contribution in [0.3, 0.4) is 0 Å². The van der Waals surface area contributed by atoms with Gasteiger partial charge in [-0.3, -0.25) is 19.3 Å². The third-order valence-electron chi connectivity index (χ3n) is 5.31. The summed E-state index contributed by atoms with van der Waals surface area (Å²) in [6.45, 7) is 1.99. The topological polar surface area (TPSA) is 66.5 Å². The van der Waals surface area contributed by atoms with Gasteiger partial charge in [-0.2, -0.15) is 0 Å². The Bertz CT molecular complexity index is 980. The van der Waals surface area contributed by atoms with Crippen molar-refractivity contribution in [2.24, 2.45) is 11.8 Å². The van der Waals surface area contributed by atoms with Gasteiger partial charge in [0.2, 0.25) is 11.8 Å². The van der Waals surface area contributed by atoms with Crippen molar-refractivity contribution in [3.63, 3.8) is 0 Å². The van der Waals surface area contributed by atoms with Crippen molar-refractivity contribution in [1.82, 2.24) is 0 Å². The van der Waals surface area contributed by atoms with E-state index in [-0.39, 0.29) is 29.6 Å². The van der Waals surface area contributed by atoms with Gasteiger partial charge in [-0.05, 0) is 68.3 Å². The summed E-state index contributed by atoms with van der Waals surface area (Å²) in [6.07, 6.45) is 3.28. The Morgan fingerprint density at radius 3 is 2.32 bits per heavy atom. The highest BCUT2D eigenvalue weighted by Crippen LogP contribution is 2.39. The van der Waals surface area contributed by atoms with Crippen LogP contribution >= 0.6 is 11.6 Å². The van der Waals surface area contributed by atoms with Gasteiger partial charge in [-0.15, -0.1) is 0 Å². The van der Waals surface area contributed by atoms with Gasteiger partial charge >= 0.3 is 0 Å². The van der Waals surface area contributed by atoms with Crippen LogP contribution in [0.15, 0.2) is 60.2 Å². The second kappa shape index (κ2) is 7.24. The lowest BCUT2D eigenvalue weighted by molar-refractivity contribution is -0.122. The average Bonchev–Trinajstić information content (AvgIpc) is 2.93. The zero-order valence-electron chi connectivity index (χ0n) is 15.3. The molecule has 1 heterocycles. The zero-order valence-corrected chi connectivity index (χ0v) is 16.1. The van der Waals surface area contributed by atoms with Crippen LogP contribution in [0, 0.1) is 11.8 Å². The van der Waals surface area contributed by atoms with Crippen molar-refractivity contribution in [1.29, 1.82) is 0 Å². The summed E-state index contributed by atoms with van der Waals surface area (Å²) in [4.78, 5) is 39.2. The van der Waals surface area contributed by atoms with E-state index >= 15 is 0 Å². The van der Waals surface area contributed by atoms with E-state index in [1.165, 1.54) is 4.90 Å². The maximum absolute atomic E-state index is 12.8. The predicted molar refractivity (Wildman–Crippen MR) is 108 cm³/mol. The van der Waals surface area contributed by atoms with E-state index in [2.05, 4.69) is 5.32 Å². The van der Waals surface area contributed by atoms with Crippen molar-refractivity contribution in [2.45, 2.75) is 19.8 Å². The fourth-order valence-corrected chi connectivity index (χ4v) is 3.92. The molecule has 0 aromatic heterocycles. The number of hydrogen-bond acceptors (Lipinski definition) is 3. The van der Waals surface area contributed by atoms with Crippen molar-refractivity contribution >= 4 is 40.7 Å². The largest absolute Gasteiger partial charge is 0.322 e. The Morgan fingerprint density at radius 2 is 1.64 bits per heavy atom. The first kappa shape index (κ1) is 18.4. The second-order valence-corrected chi connectivity index (χ2v) is 7.66. The molecule has 1 saturated heterocycles. The number of imide groups is 1. The van der Waals surface area contributed by atoms with Crippen LogP contribution in [0.1, 0.15) is 30.1 Å². The SMILES string of the molecule is CC1=CCC2C(=O)N(c3ccc(C(=O)Nc4ccc(Cl)cc4)cc3)C(=O)C2C1. The predicted octanol–water partition coefficient (Wildman–Crippen LogP) is 4.44. The molecule has 5 nitrogen and oxygen atoms in total. The number of rotatable bonds is 3. The highest BCUT2D eigenvalue weighted by atomic mass is 35.5. The van der Waals surface area contributed by atoms with E-state index in [1.807, 2.05) is 13.0 Å². The zero-order chi connectivity index (χ0) is 19.8. The number of allylic oxidation sites excluding steroid dienone is 2. The lowest BCUT2D eigenvalue weighted by atomic mass is 9.82. The Hall–Kier alpha value is -2.92. The fraction of sp³-hybridized carbons (Fsp3) is 0.227. The monoisotopic (exact) mass is 394 g/mol. The lowest BCUT2D eigenvalue weighted by Crippen LogP contribution is -2.30. The Morgan fingerprint density at radius 1 is 1.00 bits per heavy atom. The van der Waals surface area contributed by atoms with Gasteiger partial charge in [0.25, 0.3) is 5.91 Å². The summed E-state index contributed by atoms with van der Waals surface area (Å²) >= 11 is 5.85. The lowest BCUT2D eigenvalue weighted by Gasteiger charge is -2.18. The van der Waals surface area contributed by atoms with Gasteiger partial charge in [-0.25, -0.2) is 0 Å². The molecule has 1 fully saturated rings. The minimum Gasteiger partial charge on any atom is -0.322 e. The third kappa shape index (κ3) is 3.34. The number of nitrogens with zero attached hydrogens (tertiary/aromatic N) is 1. The molecule has 28 heavy (non-hydrogen) atoms. The molecule has 2 atom stereocenters. The number of halogens is 1. The minimum atomic E-state index is -0.276. The maximum Gasteiger partial charge on any atom is 0.255 e. The molecule has 3 amide bonds. The van der Waals surface area contributed by atoms with E-state index < -0.39 is 0 Å². The van der Waals surface area contributed by atoms with Gasteiger partial charge in [0, 0.05) is 16.3 Å². The van der Waals surface area contributed by atoms with Gasteiger partial charge < -0.3 is 5.32 Å². The summed E-state index contributed by atoms with van der Waals surface area (Å²) in [5, 5.41) is 3.38. The molecule has 1 N–H and O–H groups in total. The number of benzene rings is 2. The molecule has 2 aromatic rings. The minimum absolute atomic E-state index is 0.152. The van der Waals surface area contributed by atoms with E-state index in [0.29, 0.717) is 34.8 Å². The number of carbonyl (C=O) groups is 3. The first-order chi connectivity index (χ1) is 13.4. The first-order valence-electron chi connectivity index (χ1n) is 9.14. The molecular formula is C22H19ClN2O3. The highest BCUT2D eigenvalue weighted by molar-refractivity contribution is 6.30.